The van der Waals surface area contributed by atoms with Gasteiger partial charge < -0.3 is 5.21 Å². The average Bonchev–Trinajstić information content (AvgIpc) is 2.18. The molecule has 1 rings (SSSR count). The van der Waals surface area contributed by atoms with E-state index in [1.807, 2.05) is 5.48 Å². The van der Waals surface area contributed by atoms with Gasteiger partial charge in [0.25, 0.3) is 0 Å². The lowest BCUT2D eigenvalue weighted by Crippen LogP contribution is -2.14. The van der Waals surface area contributed by atoms with Gasteiger partial charge in [-0.1, -0.05) is 12.1 Å². The molecule has 15 heavy (non-hydrogen) atoms. The molecule has 0 unspecified atom stereocenters. The van der Waals surface area contributed by atoms with Crippen LogP contribution in [0, 0.1) is 0 Å². The molecule has 1 aromatic rings. The Balaban J connectivity index is 3.11. The zero-order chi connectivity index (χ0) is 11.5. The van der Waals surface area contributed by atoms with E-state index >= 15 is 0 Å². The molecule has 4 nitrogen and oxygen atoms in total. The maximum atomic E-state index is 11.8. The van der Waals surface area contributed by atoms with E-state index in [0.717, 1.165) is 5.56 Å². The van der Waals surface area contributed by atoms with E-state index < -0.39 is 15.1 Å². The number of nitrogens with one attached hydrogen (secondary N) is 1. The third-order valence-electron chi connectivity index (χ3n) is 2.13. The van der Waals surface area contributed by atoms with E-state index in [4.69, 9.17) is 5.21 Å². The topological polar surface area (TPSA) is 66.4 Å². The van der Waals surface area contributed by atoms with Crippen molar-refractivity contribution in [1.29, 1.82) is 0 Å². The molecule has 0 saturated carbocycles. The van der Waals surface area contributed by atoms with Crippen molar-refractivity contribution >= 4 is 9.84 Å². The number of sulfone groups is 1. The molecule has 0 aromatic heterocycles. The largest absolute Gasteiger partial charge is 0.316 e. The number of benzene rings is 1. The minimum Gasteiger partial charge on any atom is -0.316 e. The summed E-state index contributed by atoms with van der Waals surface area (Å²) in [5, 5.41) is 8.09. The third kappa shape index (κ3) is 2.77. The molecular weight excluding hydrogens is 214 g/mol. The Hall–Kier alpha value is -0.910. The second-order valence-corrected chi connectivity index (χ2v) is 6.08. The summed E-state index contributed by atoms with van der Waals surface area (Å²) in [7, 11) is -3.23. The first kappa shape index (κ1) is 12.2. The second kappa shape index (κ2) is 4.74. The van der Waals surface area contributed by atoms with Crippen molar-refractivity contribution in [3.8, 4) is 0 Å². The highest BCUT2D eigenvalue weighted by molar-refractivity contribution is 7.92. The van der Waals surface area contributed by atoms with Crippen LogP contribution >= 0.6 is 0 Å². The Morgan fingerprint density at radius 1 is 1.40 bits per heavy atom. The van der Waals surface area contributed by atoms with Crippen LogP contribution in [0.15, 0.2) is 29.2 Å². The zero-order valence-electron chi connectivity index (χ0n) is 8.77. The van der Waals surface area contributed by atoms with Crippen molar-refractivity contribution in [2.75, 3.05) is 0 Å². The lowest BCUT2D eigenvalue weighted by atomic mass is 10.2. The quantitative estimate of drug-likeness (QED) is 0.765. The molecule has 0 amide bonds. The highest BCUT2D eigenvalue weighted by atomic mass is 32.2. The number of hydroxylamine groups is 1. The summed E-state index contributed by atoms with van der Waals surface area (Å²) in [4.78, 5) is 0.297. The predicted molar refractivity (Wildman–Crippen MR) is 57.4 cm³/mol. The monoisotopic (exact) mass is 229 g/mol. The first-order valence-corrected chi connectivity index (χ1v) is 6.23. The van der Waals surface area contributed by atoms with E-state index in [9.17, 15) is 8.42 Å². The highest BCUT2D eigenvalue weighted by Crippen LogP contribution is 2.16. The first-order chi connectivity index (χ1) is 6.98. The molecular formula is C10H15NO3S. The fourth-order valence-corrected chi connectivity index (χ4v) is 2.32. The first-order valence-electron chi connectivity index (χ1n) is 4.68. The Morgan fingerprint density at radius 3 is 2.60 bits per heavy atom. The molecule has 0 aliphatic rings. The van der Waals surface area contributed by atoms with E-state index in [1.165, 1.54) is 0 Å². The van der Waals surface area contributed by atoms with Crippen LogP contribution in [-0.2, 0) is 16.4 Å². The molecule has 0 radical (unpaired) electrons. The summed E-state index contributed by atoms with van der Waals surface area (Å²) in [6.07, 6.45) is 0. The number of hydrogen-bond acceptors (Lipinski definition) is 4. The van der Waals surface area contributed by atoms with Gasteiger partial charge in [-0.3, -0.25) is 0 Å². The summed E-state index contributed by atoms with van der Waals surface area (Å²) in [5.41, 5.74) is 2.73. The fourth-order valence-electron chi connectivity index (χ4n) is 1.20. The van der Waals surface area contributed by atoms with Gasteiger partial charge in [-0.2, -0.15) is 0 Å². The highest BCUT2D eigenvalue weighted by Gasteiger charge is 2.18. The van der Waals surface area contributed by atoms with Gasteiger partial charge in [0.2, 0.25) is 0 Å². The summed E-state index contributed by atoms with van der Waals surface area (Å²) in [6, 6.07) is 6.55. The van der Waals surface area contributed by atoms with Gasteiger partial charge in [-0.15, -0.1) is 0 Å². The molecule has 0 heterocycles. The zero-order valence-corrected chi connectivity index (χ0v) is 9.58. The summed E-state index contributed by atoms with van der Waals surface area (Å²) < 4.78 is 23.6. The molecule has 0 fully saturated rings. The smallest absolute Gasteiger partial charge is 0.180 e. The van der Waals surface area contributed by atoms with Gasteiger partial charge in [-0.25, -0.2) is 13.9 Å². The molecule has 84 valence electrons. The van der Waals surface area contributed by atoms with Crippen molar-refractivity contribution in [2.24, 2.45) is 0 Å². The van der Waals surface area contributed by atoms with Crippen molar-refractivity contribution in [1.82, 2.24) is 5.48 Å². The van der Waals surface area contributed by atoms with Gasteiger partial charge in [-0.05, 0) is 31.5 Å². The van der Waals surface area contributed by atoms with Gasteiger partial charge >= 0.3 is 0 Å². The lowest BCUT2D eigenvalue weighted by molar-refractivity contribution is 0.161. The Bertz CT molecular complexity index is 426. The van der Waals surface area contributed by atoms with Crippen molar-refractivity contribution < 1.29 is 13.6 Å². The fraction of sp³-hybridized carbons (Fsp3) is 0.400. The summed E-state index contributed by atoms with van der Waals surface area (Å²) in [6.45, 7) is 3.53. The van der Waals surface area contributed by atoms with Crippen LogP contribution in [0.3, 0.4) is 0 Å². The summed E-state index contributed by atoms with van der Waals surface area (Å²) in [5.74, 6) is 0. The molecule has 2 N–H and O–H groups in total. The predicted octanol–water partition coefficient (Wildman–Crippen LogP) is 1.35. The lowest BCUT2D eigenvalue weighted by Gasteiger charge is -2.08. The van der Waals surface area contributed by atoms with Crippen LogP contribution in [-0.4, -0.2) is 18.9 Å². The Labute approximate surface area is 89.8 Å². The van der Waals surface area contributed by atoms with Crippen molar-refractivity contribution in [3.05, 3.63) is 29.8 Å². The van der Waals surface area contributed by atoms with E-state index in [2.05, 4.69) is 0 Å². The van der Waals surface area contributed by atoms with Crippen LogP contribution in [0.1, 0.15) is 19.4 Å². The molecule has 0 bridgehead atoms. The minimum absolute atomic E-state index is 0.238. The van der Waals surface area contributed by atoms with Crippen LogP contribution in [0.4, 0.5) is 0 Å². The normalized spacial score (nSPS) is 12.0. The van der Waals surface area contributed by atoms with Crippen molar-refractivity contribution in [2.45, 2.75) is 30.5 Å². The minimum atomic E-state index is -3.23. The van der Waals surface area contributed by atoms with Gasteiger partial charge in [0.15, 0.2) is 9.84 Å². The SMILES string of the molecule is CC(C)S(=O)(=O)c1cccc(CNO)c1. The van der Waals surface area contributed by atoms with Gasteiger partial charge in [0.05, 0.1) is 10.1 Å². The van der Waals surface area contributed by atoms with Crippen LogP contribution < -0.4 is 5.48 Å². The third-order valence-corrected chi connectivity index (χ3v) is 4.28. The Morgan fingerprint density at radius 2 is 2.07 bits per heavy atom. The molecule has 0 spiro atoms. The molecule has 0 atom stereocenters. The van der Waals surface area contributed by atoms with E-state index in [0.29, 0.717) is 4.90 Å². The van der Waals surface area contributed by atoms with Gasteiger partial charge in [0.1, 0.15) is 0 Å². The van der Waals surface area contributed by atoms with Crippen LogP contribution in [0.25, 0.3) is 0 Å². The van der Waals surface area contributed by atoms with E-state index in [-0.39, 0.29) is 6.54 Å². The van der Waals surface area contributed by atoms with Crippen molar-refractivity contribution in [3.63, 3.8) is 0 Å². The molecule has 1 aromatic carbocycles. The molecule has 5 heteroatoms. The van der Waals surface area contributed by atoms with Crippen LogP contribution in [0.2, 0.25) is 0 Å². The average molecular weight is 229 g/mol. The molecule has 0 aliphatic carbocycles. The molecule has 0 saturated heterocycles. The van der Waals surface area contributed by atoms with Crippen LogP contribution in [0.5, 0.6) is 0 Å². The Kier molecular flexibility index (Phi) is 3.84. The van der Waals surface area contributed by atoms with Gasteiger partial charge in [0, 0.05) is 6.54 Å². The summed E-state index contributed by atoms with van der Waals surface area (Å²) >= 11 is 0. The van der Waals surface area contributed by atoms with E-state index in [1.54, 1.807) is 38.1 Å². The maximum absolute atomic E-state index is 11.8. The number of hydrogen-bond donors (Lipinski definition) is 2. The molecule has 0 aliphatic heterocycles. The number of rotatable bonds is 4. The second-order valence-electron chi connectivity index (χ2n) is 3.58. The standard InChI is InChI=1S/C10H15NO3S/c1-8(2)15(13,14)10-5-3-4-9(6-10)7-11-12/h3-6,8,11-12H,7H2,1-2H3. The maximum Gasteiger partial charge on any atom is 0.180 e.